The molecule has 1 aliphatic heterocycles. The highest BCUT2D eigenvalue weighted by molar-refractivity contribution is 6.00. The van der Waals surface area contributed by atoms with Crippen molar-refractivity contribution >= 4 is 17.5 Å². The van der Waals surface area contributed by atoms with E-state index in [0.717, 1.165) is 24.1 Å². The van der Waals surface area contributed by atoms with Crippen molar-refractivity contribution in [1.82, 2.24) is 15.5 Å². The van der Waals surface area contributed by atoms with Gasteiger partial charge in [-0.15, -0.1) is 0 Å². The number of nitrogens with one attached hydrogen (secondary N) is 1. The molecule has 1 atom stereocenters. The van der Waals surface area contributed by atoms with E-state index in [0.29, 0.717) is 18.3 Å². The molecule has 1 aliphatic carbocycles. The highest BCUT2D eigenvalue weighted by Crippen LogP contribution is 2.29. The van der Waals surface area contributed by atoms with Crippen LogP contribution in [0.5, 0.6) is 0 Å². The normalized spacial score (nSPS) is 20.7. The van der Waals surface area contributed by atoms with Gasteiger partial charge in [-0.05, 0) is 25.0 Å². The van der Waals surface area contributed by atoms with Crippen LogP contribution in [0.1, 0.15) is 38.0 Å². The van der Waals surface area contributed by atoms with Gasteiger partial charge in [0.05, 0.1) is 5.92 Å². The predicted molar refractivity (Wildman–Crippen MR) is 95.3 cm³/mol. The van der Waals surface area contributed by atoms with Gasteiger partial charge in [-0.1, -0.05) is 30.1 Å². The van der Waals surface area contributed by atoms with E-state index in [1.807, 2.05) is 24.3 Å². The molecule has 26 heavy (non-hydrogen) atoms. The Balaban J connectivity index is 1.48. The van der Waals surface area contributed by atoms with Crippen LogP contribution in [0.15, 0.2) is 28.8 Å². The molecule has 7 nitrogen and oxygen atoms in total. The molecule has 7 heteroatoms. The molecule has 1 aromatic heterocycles. The molecule has 1 saturated heterocycles. The number of nitrogens with zero attached hydrogens (tertiary/aromatic N) is 3. The van der Waals surface area contributed by atoms with Crippen LogP contribution in [0.25, 0.3) is 11.4 Å². The topological polar surface area (TPSA) is 88.3 Å². The zero-order chi connectivity index (χ0) is 18.1. The summed E-state index contributed by atoms with van der Waals surface area (Å²) in [6.45, 7) is 2.14. The Morgan fingerprint density at radius 3 is 2.85 bits per heavy atom. The van der Waals surface area contributed by atoms with Gasteiger partial charge in [-0.2, -0.15) is 4.98 Å². The van der Waals surface area contributed by atoms with Crippen molar-refractivity contribution in [3.05, 3.63) is 30.2 Å². The van der Waals surface area contributed by atoms with Gasteiger partial charge in [0.1, 0.15) is 0 Å². The number of rotatable bonds is 4. The van der Waals surface area contributed by atoms with Gasteiger partial charge in [-0.25, -0.2) is 0 Å². The third-order valence-electron chi connectivity index (χ3n) is 5.14. The summed E-state index contributed by atoms with van der Waals surface area (Å²) < 4.78 is 5.02. The smallest absolute Gasteiger partial charge is 0.227 e. The first-order valence-corrected chi connectivity index (χ1v) is 9.11. The molecular formula is C19H22N4O3. The summed E-state index contributed by atoms with van der Waals surface area (Å²) in [7, 11) is 0. The molecule has 1 N–H and O–H groups in total. The monoisotopic (exact) mass is 354 g/mol. The second kappa shape index (κ2) is 6.90. The number of hydrogen-bond donors (Lipinski definition) is 1. The fourth-order valence-corrected chi connectivity index (χ4v) is 3.75. The quantitative estimate of drug-likeness (QED) is 0.911. The number of benzene rings is 1. The van der Waals surface area contributed by atoms with E-state index in [-0.39, 0.29) is 30.2 Å². The SMILES string of the molecule is Cc1nc(-c2cccc(N3CC(C(=O)NC4CCCC4)CC3=O)c2)no1. The zero-order valence-electron chi connectivity index (χ0n) is 14.8. The van der Waals surface area contributed by atoms with Crippen LogP contribution in [-0.2, 0) is 9.59 Å². The van der Waals surface area contributed by atoms with Crippen LogP contribution in [0.3, 0.4) is 0 Å². The second-order valence-electron chi connectivity index (χ2n) is 7.08. The summed E-state index contributed by atoms with van der Waals surface area (Å²) >= 11 is 0. The van der Waals surface area contributed by atoms with E-state index >= 15 is 0 Å². The van der Waals surface area contributed by atoms with E-state index in [4.69, 9.17) is 4.52 Å². The van der Waals surface area contributed by atoms with Crippen LogP contribution < -0.4 is 10.2 Å². The molecule has 0 bridgehead atoms. The Kier molecular flexibility index (Phi) is 4.44. The fraction of sp³-hybridized carbons (Fsp3) is 0.474. The van der Waals surface area contributed by atoms with Crippen molar-refractivity contribution in [3.8, 4) is 11.4 Å². The van der Waals surface area contributed by atoms with E-state index < -0.39 is 0 Å². The summed E-state index contributed by atoms with van der Waals surface area (Å²) in [5.74, 6) is 0.660. The molecule has 1 aromatic carbocycles. The summed E-state index contributed by atoms with van der Waals surface area (Å²) in [5.41, 5.74) is 1.54. The van der Waals surface area contributed by atoms with Crippen molar-refractivity contribution in [2.24, 2.45) is 5.92 Å². The van der Waals surface area contributed by atoms with Crippen molar-refractivity contribution in [2.75, 3.05) is 11.4 Å². The molecule has 4 rings (SSSR count). The van der Waals surface area contributed by atoms with Crippen molar-refractivity contribution in [2.45, 2.75) is 45.1 Å². The Hall–Kier alpha value is -2.70. The number of aromatic nitrogens is 2. The Bertz CT molecular complexity index is 826. The molecule has 1 saturated carbocycles. The maximum atomic E-state index is 12.5. The predicted octanol–water partition coefficient (Wildman–Crippen LogP) is 2.46. The number of carbonyl (C=O) groups excluding carboxylic acids is 2. The third-order valence-corrected chi connectivity index (χ3v) is 5.14. The first-order valence-electron chi connectivity index (χ1n) is 9.11. The molecule has 2 heterocycles. The van der Waals surface area contributed by atoms with Gasteiger partial charge in [0.15, 0.2) is 0 Å². The van der Waals surface area contributed by atoms with Crippen LogP contribution in [-0.4, -0.2) is 34.5 Å². The van der Waals surface area contributed by atoms with Gasteiger partial charge in [0.2, 0.25) is 23.5 Å². The van der Waals surface area contributed by atoms with E-state index in [9.17, 15) is 9.59 Å². The molecule has 2 aliphatic rings. The van der Waals surface area contributed by atoms with Gasteiger partial charge >= 0.3 is 0 Å². The number of anilines is 1. The highest BCUT2D eigenvalue weighted by Gasteiger charge is 2.36. The average molecular weight is 354 g/mol. The summed E-state index contributed by atoms with van der Waals surface area (Å²) in [4.78, 5) is 30.9. The van der Waals surface area contributed by atoms with Gasteiger partial charge < -0.3 is 14.7 Å². The lowest BCUT2D eigenvalue weighted by Gasteiger charge is -2.18. The molecule has 2 aromatic rings. The first-order chi connectivity index (χ1) is 12.6. The van der Waals surface area contributed by atoms with Crippen molar-refractivity contribution in [1.29, 1.82) is 0 Å². The lowest BCUT2D eigenvalue weighted by molar-refractivity contribution is -0.126. The molecule has 0 radical (unpaired) electrons. The number of hydrogen-bond acceptors (Lipinski definition) is 5. The van der Waals surface area contributed by atoms with Gasteiger partial charge in [-0.3, -0.25) is 9.59 Å². The number of carbonyl (C=O) groups is 2. The zero-order valence-corrected chi connectivity index (χ0v) is 14.8. The molecule has 136 valence electrons. The van der Waals surface area contributed by atoms with E-state index in [2.05, 4.69) is 15.5 Å². The van der Waals surface area contributed by atoms with Gasteiger partial charge in [0.25, 0.3) is 0 Å². The van der Waals surface area contributed by atoms with Crippen molar-refractivity contribution in [3.63, 3.8) is 0 Å². The maximum absolute atomic E-state index is 12.5. The lowest BCUT2D eigenvalue weighted by Crippen LogP contribution is -2.38. The summed E-state index contributed by atoms with van der Waals surface area (Å²) in [5, 5.41) is 7.02. The Morgan fingerprint density at radius 1 is 1.31 bits per heavy atom. The molecule has 0 spiro atoms. The minimum Gasteiger partial charge on any atom is -0.353 e. The number of amides is 2. The van der Waals surface area contributed by atoms with E-state index in [1.165, 1.54) is 12.8 Å². The van der Waals surface area contributed by atoms with E-state index in [1.54, 1.807) is 11.8 Å². The third kappa shape index (κ3) is 3.34. The highest BCUT2D eigenvalue weighted by atomic mass is 16.5. The lowest BCUT2D eigenvalue weighted by atomic mass is 10.1. The standard InChI is InChI=1S/C19H22N4O3/c1-12-20-18(22-26-12)13-5-4-8-16(9-13)23-11-14(10-17(23)24)19(25)21-15-6-2-3-7-15/h4-5,8-9,14-15H,2-3,6-7,10-11H2,1H3,(H,21,25). The summed E-state index contributed by atoms with van der Waals surface area (Å²) in [6, 6.07) is 7.73. The molecular weight excluding hydrogens is 332 g/mol. The van der Waals surface area contributed by atoms with Gasteiger partial charge in [0, 0.05) is 37.2 Å². The van der Waals surface area contributed by atoms with Crippen molar-refractivity contribution < 1.29 is 14.1 Å². The molecule has 2 amide bonds. The minimum absolute atomic E-state index is 0.00213. The summed E-state index contributed by atoms with van der Waals surface area (Å²) in [6.07, 6.45) is 4.68. The van der Waals surface area contributed by atoms with Crippen LogP contribution in [0.2, 0.25) is 0 Å². The Morgan fingerprint density at radius 2 is 2.12 bits per heavy atom. The Labute approximate surface area is 151 Å². The molecule has 2 fully saturated rings. The average Bonchev–Trinajstić information content (AvgIpc) is 3.36. The fourth-order valence-electron chi connectivity index (χ4n) is 3.75. The van der Waals surface area contributed by atoms with Crippen LogP contribution in [0.4, 0.5) is 5.69 Å². The largest absolute Gasteiger partial charge is 0.353 e. The number of aryl methyl sites for hydroxylation is 1. The second-order valence-corrected chi connectivity index (χ2v) is 7.08. The van der Waals surface area contributed by atoms with Crippen LogP contribution in [0, 0.1) is 12.8 Å². The maximum Gasteiger partial charge on any atom is 0.227 e. The minimum atomic E-state index is -0.292. The first kappa shape index (κ1) is 16.8. The molecule has 1 unspecified atom stereocenters. The van der Waals surface area contributed by atoms with Crippen LogP contribution >= 0.6 is 0 Å².